The van der Waals surface area contributed by atoms with Gasteiger partial charge in [0.1, 0.15) is 17.2 Å². The number of likely N-dealkylation sites (tertiary alicyclic amines) is 1. The van der Waals surface area contributed by atoms with Crippen LogP contribution in [0, 0.1) is 17.8 Å². The Labute approximate surface area is 199 Å². The van der Waals surface area contributed by atoms with Gasteiger partial charge in [0.15, 0.2) is 5.58 Å². The molecular weight excluding hydrogens is 440 g/mol. The van der Waals surface area contributed by atoms with Crippen molar-refractivity contribution in [1.82, 2.24) is 10.1 Å². The van der Waals surface area contributed by atoms with Gasteiger partial charge >= 0.3 is 5.97 Å². The third kappa shape index (κ3) is 5.47. The molecule has 3 aliphatic heterocycles. The van der Waals surface area contributed by atoms with Crippen LogP contribution < -0.4 is 9.47 Å². The van der Waals surface area contributed by atoms with E-state index in [0.29, 0.717) is 43.6 Å². The molecule has 3 fully saturated rings. The summed E-state index contributed by atoms with van der Waals surface area (Å²) in [6.45, 7) is 5.76. The van der Waals surface area contributed by atoms with Crippen LogP contribution in [0.2, 0.25) is 0 Å². The van der Waals surface area contributed by atoms with Gasteiger partial charge in [-0.1, -0.05) is 6.07 Å². The van der Waals surface area contributed by atoms with Gasteiger partial charge in [-0.15, -0.1) is 0 Å². The number of aromatic nitrogens is 1. The summed E-state index contributed by atoms with van der Waals surface area (Å²) < 4.78 is 28.9. The van der Waals surface area contributed by atoms with Gasteiger partial charge in [-0.3, -0.25) is 4.79 Å². The second kappa shape index (κ2) is 10.9. The lowest BCUT2D eigenvalue weighted by Crippen LogP contribution is -2.44. The molecule has 0 aliphatic carbocycles. The Morgan fingerprint density at radius 1 is 1.09 bits per heavy atom. The molecule has 34 heavy (non-hydrogen) atoms. The minimum Gasteiger partial charge on any atom is -0.489 e. The quantitative estimate of drug-likeness (QED) is 0.618. The predicted octanol–water partition coefficient (Wildman–Crippen LogP) is 3.21. The molecule has 4 heterocycles. The van der Waals surface area contributed by atoms with Crippen molar-refractivity contribution in [3.8, 4) is 11.6 Å². The maximum atomic E-state index is 11.6. The summed E-state index contributed by atoms with van der Waals surface area (Å²) in [6, 6.07) is 5.73. The molecule has 2 unspecified atom stereocenters. The molecule has 3 aliphatic rings. The minimum absolute atomic E-state index is 0.0645. The Morgan fingerprint density at radius 2 is 1.88 bits per heavy atom. The zero-order valence-corrected chi connectivity index (χ0v) is 19.5. The van der Waals surface area contributed by atoms with Gasteiger partial charge < -0.3 is 33.5 Å². The molecule has 5 rings (SSSR count). The number of aliphatic carboxylic acids is 1. The van der Waals surface area contributed by atoms with Gasteiger partial charge in [0, 0.05) is 31.9 Å². The molecule has 0 saturated carbocycles. The van der Waals surface area contributed by atoms with Gasteiger partial charge in [0.05, 0.1) is 32.3 Å². The number of piperidine rings is 1. The Morgan fingerprint density at radius 3 is 2.68 bits per heavy atom. The van der Waals surface area contributed by atoms with E-state index in [1.54, 1.807) is 0 Å². The number of benzene rings is 1. The Hall–Kier alpha value is -2.36. The van der Waals surface area contributed by atoms with Crippen LogP contribution in [0.1, 0.15) is 32.1 Å². The molecule has 1 N–H and O–H groups in total. The minimum atomic E-state index is -0.698. The largest absolute Gasteiger partial charge is 0.489 e. The summed E-state index contributed by atoms with van der Waals surface area (Å²) in [5.41, 5.74) is 0.664. The van der Waals surface area contributed by atoms with E-state index in [0.717, 1.165) is 69.7 Å². The summed E-state index contributed by atoms with van der Waals surface area (Å²) in [6.07, 6.45) is 4.49. The maximum absolute atomic E-state index is 11.6. The number of carboxylic acids is 1. The van der Waals surface area contributed by atoms with Gasteiger partial charge in [-0.25, -0.2) is 0 Å². The first-order valence-corrected chi connectivity index (χ1v) is 12.5. The number of nitrogens with zero attached hydrogens (tertiary/aromatic N) is 2. The van der Waals surface area contributed by atoms with E-state index in [9.17, 15) is 9.90 Å². The maximum Gasteiger partial charge on any atom is 0.307 e. The van der Waals surface area contributed by atoms with Gasteiger partial charge in [0.25, 0.3) is 5.88 Å². The van der Waals surface area contributed by atoms with Crippen molar-refractivity contribution < 1.29 is 33.4 Å². The zero-order chi connectivity index (χ0) is 23.3. The lowest BCUT2D eigenvalue weighted by molar-refractivity contribution is -0.149. The molecule has 1 aromatic carbocycles. The van der Waals surface area contributed by atoms with Crippen LogP contribution in [0.4, 0.5) is 0 Å². The van der Waals surface area contributed by atoms with Crippen LogP contribution in [-0.4, -0.2) is 79.9 Å². The van der Waals surface area contributed by atoms with Crippen molar-refractivity contribution in [3.63, 3.8) is 0 Å². The second-order valence-corrected chi connectivity index (χ2v) is 9.67. The van der Waals surface area contributed by atoms with Crippen LogP contribution in [0.5, 0.6) is 11.6 Å². The fourth-order valence-electron chi connectivity index (χ4n) is 5.27. The molecular formula is C25H34N2O7. The van der Waals surface area contributed by atoms with Crippen LogP contribution in [0.25, 0.3) is 11.0 Å². The number of fused-ring (bicyclic) bond motifs is 1. The summed E-state index contributed by atoms with van der Waals surface area (Å²) in [5, 5.41) is 14.5. The monoisotopic (exact) mass is 474 g/mol. The fourth-order valence-corrected chi connectivity index (χ4v) is 5.27. The first kappa shape index (κ1) is 23.4. The molecule has 0 spiro atoms. The molecule has 9 heteroatoms. The summed E-state index contributed by atoms with van der Waals surface area (Å²) in [7, 11) is 0. The molecule has 1 aromatic heterocycles. The fraction of sp³-hybridized carbons (Fsp3) is 0.680. The van der Waals surface area contributed by atoms with E-state index < -0.39 is 5.97 Å². The van der Waals surface area contributed by atoms with Crippen LogP contribution in [0.3, 0.4) is 0 Å². The van der Waals surface area contributed by atoms with Crippen molar-refractivity contribution in [2.45, 2.75) is 38.2 Å². The third-order valence-electron chi connectivity index (χ3n) is 7.34. The summed E-state index contributed by atoms with van der Waals surface area (Å²) in [5.74, 6) is 0.727. The van der Waals surface area contributed by atoms with Crippen molar-refractivity contribution in [3.05, 3.63) is 18.2 Å². The smallest absolute Gasteiger partial charge is 0.307 e. The van der Waals surface area contributed by atoms with Crippen molar-refractivity contribution >= 4 is 16.9 Å². The molecule has 2 atom stereocenters. The molecule has 9 nitrogen and oxygen atoms in total. The third-order valence-corrected chi connectivity index (χ3v) is 7.34. The lowest BCUT2D eigenvalue weighted by atomic mass is 9.87. The normalized spacial score (nSPS) is 25.4. The summed E-state index contributed by atoms with van der Waals surface area (Å²) >= 11 is 0. The number of carbonyl (C=O) groups is 1. The Balaban J connectivity index is 1.14. The van der Waals surface area contributed by atoms with E-state index >= 15 is 0 Å². The Kier molecular flexibility index (Phi) is 7.51. The highest BCUT2D eigenvalue weighted by Gasteiger charge is 2.33. The first-order chi connectivity index (χ1) is 16.7. The van der Waals surface area contributed by atoms with E-state index in [-0.39, 0.29) is 17.9 Å². The average molecular weight is 475 g/mol. The van der Waals surface area contributed by atoms with Crippen molar-refractivity contribution in [2.75, 3.05) is 52.7 Å². The highest BCUT2D eigenvalue weighted by atomic mass is 16.5. The average Bonchev–Trinajstić information content (AvgIpc) is 3.29. The number of hydrogen-bond acceptors (Lipinski definition) is 8. The highest BCUT2D eigenvalue weighted by Crippen LogP contribution is 2.35. The van der Waals surface area contributed by atoms with E-state index in [1.807, 2.05) is 18.2 Å². The van der Waals surface area contributed by atoms with Crippen LogP contribution in [0.15, 0.2) is 22.7 Å². The topological polar surface area (TPSA) is 103 Å². The van der Waals surface area contributed by atoms with E-state index in [2.05, 4.69) is 10.1 Å². The molecule has 2 aromatic rings. The molecule has 3 saturated heterocycles. The number of ether oxygens (including phenoxy) is 4. The van der Waals surface area contributed by atoms with E-state index in [4.69, 9.17) is 23.5 Å². The summed E-state index contributed by atoms with van der Waals surface area (Å²) in [4.78, 5) is 13.9. The van der Waals surface area contributed by atoms with Gasteiger partial charge in [-0.05, 0) is 55.6 Å². The molecule has 0 radical (unpaired) electrons. The van der Waals surface area contributed by atoms with Gasteiger partial charge in [0.2, 0.25) is 0 Å². The van der Waals surface area contributed by atoms with Gasteiger partial charge in [-0.2, -0.15) is 0 Å². The molecule has 0 bridgehead atoms. The number of carboxylic acid groups (broad SMARTS) is 1. The van der Waals surface area contributed by atoms with E-state index in [1.165, 1.54) is 0 Å². The van der Waals surface area contributed by atoms with Crippen LogP contribution in [-0.2, 0) is 14.3 Å². The highest BCUT2D eigenvalue weighted by molar-refractivity contribution is 5.88. The SMILES string of the molecule is O=C(O)C1CCOCC1CN1CCC(COc2noc3cccc(OC4CCOCC4)c23)CC1. The predicted molar refractivity (Wildman–Crippen MR) is 123 cm³/mol. The Bertz CT molecular complexity index is 950. The van der Waals surface area contributed by atoms with Crippen LogP contribution >= 0.6 is 0 Å². The van der Waals surface area contributed by atoms with Crippen molar-refractivity contribution in [1.29, 1.82) is 0 Å². The standard InChI is InChI=1S/C25H34N2O7/c28-25(29)20-8-13-31-16-18(20)14-27-9-4-17(5-10-27)15-32-24-23-21(2-1-3-22(23)34-26-24)33-19-6-11-30-12-7-19/h1-3,17-20H,4-16H2,(H,28,29). The molecule has 0 amide bonds. The zero-order valence-electron chi connectivity index (χ0n) is 19.5. The lowest BCUT2D eigenvalue weighted by Gasteiger charge is -2.37. The number of hydrogen-bond donors (Lipinski definition) is 1. The number of rotatable bonds is 8. The second-order valence-electron chi connectivity index (χ2n) is 9.67. The van der Waals surface area contributed by atoms with Crippen molar-refractivity contribution in [2.24, 2.45) is 17.8 Å². The first-order valence-electron chi connectivity index (χ1n) is 12.5. The molecule has 186 valence electrons.